The number of alkyl halides is 1. The molecular weight excluding hydrogens is 452 g/mol. The predicted molar refractivity (Wildman–Crippen MR) is 117 cm³/mol. The van der Waals surface area contributed by atoms with Crippen LogP contribution in [0.2, 0.25) is 0 Å². The van der Waals surface area contributed by atoms with Gasteiger partial charge < -0.3 is 25.2 Å². The molecule has 1 unspecified atom stereocenters. The Bertz CT molecular complexity index is 794. The zero-order chi connectivity index (χ0) is 22.4. The molecular formula is C23H29BrO6. The molecule has 0 saturated heterocycles. The maximum atomic E-state index is 11.7. The second-order valence-electron chi connectivity index (χ2n) is 8.09. The van der Waals surface area contributed by atoms with E-state index in [0.717, 1.165) is 0 Å². The highest BCUT2D eigenvalue weighted by molar-refractivity contribution is 9.10. The van der Waals surface area contributed by atoms with Gasteiger partial charge in [0, 0.05) is 18.8 Å². The van der Waals surface area contributed by atoms with Crippen LogP contribution in [0, 0.1) is 11.8 Å². The second kappa shape index (κ2) is 10.4. The second-order valence-corrected chi connectivity index (χ2v) is 9.37. The minimum atomic E-state index is -1.61. The van der Waals surface area contributed by atoms with Gasteiger partial charge in [0.05, 0.1) is 17.8 Å². The van der Waals surface area contributed by atoms with Crippen molar-refractivity contribution in [3.05, 3.63) is 60.4 Å². The minimum absolute atomic E-state index is 0.0333. The molecule has 1 aromatic rings. The van der Waals surface area contributed by atoms with Crippen molar-refractivity contribution >= 4 is 21.9 Å². The highest BCUT2D eigenvalue weighted by Gasteiger charge is 2.40. The van der Waals surface area contributed by atoms with Crippen molar-refractivity contribution < 1.29 is 30.0 Å². The fourth-order valence-electron chi connectivity index (χ4n) is 3.38. The van der Waals surface area contributed by atoms with Crippen LogP contribution < -0.4 is 4.74 Å². The number of hydrogen-bond donors (Lipinski definition) is 4. The summed E-state index contributed by atoms with van der Waals surface area (Å²) < 4.78 is 3.97. The third-order valence-corrected chi connectivity index (χ3v) is 5.80. The molecule has 164 valence electrons. The topological polar surface area (TPSA) is 107 Å². The number of carbonyl (C=O) groups is 1. The first-order valence-electron chi connectivity index (χ1n) is 9.85. The number of rotatable bonds is 9. The molecule has 1 aliphatic rings. The number of hydrogen-bond acceptors (Lipinski definition) is 5. The maximum Gasteiger partial charge on any atom is 0.359 e. The van der Waals surface area contributed by atoms with Crippen molar-refractivity contribution in [3.63, 3.8) is 0 Å². The van der Waals surface area contributed by atoms with Crippen LogP contribution in [0.1, 0.15) is 33.1 Å². The molecule has 0 amide bonds. The number of para-hydroxylation sites is 1. The molecule has 0 aliphatic heterocycles. The van der Waals surface area contributed by atoms with Gasteiger partial charge in [0.25, 0.3) is 4.51 Å². The van der Waals surface area contributed by atoms with Gasteiger partial charge in [-0.15, -0.1) is 5.73 Å². The van der Waals surface area contributed by atoms with E-state index in [9.17, 15) is 25.2 Å². The zero-order valence-electron chi connectivity index (χ0n) is 17.1. The van der Waals surface area contributed by atoms with E-state index in [0.29, 0.717) is 12.2 Å². The lowest BCUT2D eigenvalue weighted by atomic mass is 9.89. The standard InChI is InChI=1S/C23H29BrO6/c1-22(2,29)14-12-18-17(19(25)15-20(18)26)11-7-4-8-13-23(24,21(27)28)30-16-9-5-3-6-10-16/h3,5-10,12,14,17-20,25-26,29H,11,13,15H2,1-2H3,(H,27,28)/t4?,17-,18-,19+,20-,23?/m1/s1/i25+0,26+0,29+0. The Balaban J connectivity index is 2.03. The van der Waals surface area contributed by atoms with E-state index >= 15 is 0 Å². The average molecular weight is 481 g/mol. The molecule has 5 atom stereocenters. The first kappa shape index (κ1) is 24.4. The highest BCUT2D eigenvalue weighted by Crippen LogP contribution is 2.36. The minimum Gasteiger partial charge on any atom is -0.478 e. The third-order valence-electron chi connectivity index (χ3n) is 4.97. The van der Waals surface area contributed by atoms with Crippen molar-refractivity contribution in [2.75, 3.05) is 0 Å². The number of benzene rings is 1. The number of halogens is 1. The predicted octanol–water partition coefficient (Wildman–Crippen LogP) is 3.42. The lowest BCUT2D eigenvalue weighted by Gasteiger charge is -2.22. The molecule has 30 heavy (non-hydrogen) atoms. The van der Waals surface area contributed by atoms with E-state index in [1.807, 2.05) is 6.07 Å². The number of aliphatic carboxylic acids is 1. The molecule has 6 nitrogen and oxygen atoms in total. The molecule has 0 aromatic heterocycles. The summed E-state index contributed by atoms with van der Waals surface area (Å²) in [4.78, 5) is 11.7. The van der Waals surface area contributed by atoms with Gasteiger partial charge in [0.2, 0.25) is 0 Å². The Morgan fingerprint density at radius 2 is 1.90 bits per heavy atom. The fourth-order valence-corrected chi connectivity index (χ4v) is 3.73. The SMILES string of the molecule is CC(C)([16OH])C=C[C@@H]1[C@@H](CC=C=CCC(Br)(Oc2ccccc2)C(=O)O)[C@@H]([16OH])C[C@H]1[16OH]. The van der Waals surface area contributed by atoms with Crippen LogP contribution in [0.5, 0.6) is 5.75 Å². The number of carboxylic acids is 1. The maximum absolute atomic E-state index is 11.7. The average Bonchev–Trinajstić information content (AvgIpc) is 2.92. The van der Waals surface area contributed by atoms with Crippen molar-refractivity contribution in [3.8, 4) is 5.75 Å². The molecule has 0 spiro atoms. The normalized spacial score (nSPS) is 26.1. The monoisotopic (exact) mass is 480 g/mol. The van der Waals surface area contributed by atoms with Crippen LogP contribution in [0.4, 0.5) is 0 Å². The summed E-state index contributed by atoms with van der Waals surface area (Å²) in [7, 11) is 0. The quantitative estimate of drug-likeness (QED) is 0.245. The Morgan fingerprint density at radius 1 is 1.23 bits per heavy atom. The van der Waals surface area contributed by atoms with Crippen LogP contribution in [0.15, 0.2) is 60.4 Å². The third kappa shape index (κ3) is 7.11. The lowest BCUT2D eigenvalue weighted by Crippen LogP contribution is -2.37. The van der Waals surface area contributed by atoms with Gasteiger partial charge in [-0.1, -0.05) is 30.4 Å². The Morgan fingerprint density at radius 3 is 2.50 bits per heavy atom. The fraction of sp³-hybridized carbons (Fsp3) is 0.478. The largest absolute Gasteiger partial charge is 0.478 e. The highest BCUT2D eigenvalue weighted by atomic mass is 79.9. The van der Waals surface area contributed by atoms with E-state index in [1.165, 1.54) is 0 Å². The number of carboxylic acid groups (broad SMARTS) is 1. The van der Waals surface area contributed by atoms with E-state index in [4.69, 9.17) is 4.74 Å². The summed E-state index contributed by atoms with van der Waals surface area (Å²) in [5, 5.41) is 39.9. The van der Waals surface area contributed by atoms with Gasteiger partial charge in [-0.05, 0) is 66.4 Å². The summed E-state index contributed by atoms with van der Waals surface area (Å²) >= 11 is 3.16. The van der Waals surface area contributed by atoms with Gasteiger partial charge in [-0.25, -0.2) is 4.79 Å². The molecule has 0 bridgehead atoms. The van der Waals surface area contributed by atoms with Gasteiger partial charge in [0.1, 0.15) is 5.75 Å². The molecule has 2 rings (SSSR count). The lowest BCUT2D eigenvalue weighted by molar-refractivity contribution is -0.146. The van der Waals surface area contributed by atoms with Crippen LogP contribution in [-0.2, 0) is 4.79 Å². The number of aliphatic hydroxyl groups is 3. The first-order valence-corrected chi connectivity index (χ1v) is 10.6. The van der Waals surface area contributed by atoms with Crippen molar-refractivity contribution in [1.82, 2.24) is 0 Å². The summed E-state index contributed by atoms with van der Waals surface area (Å²) in [6, 6.07) is 8.67. The number of ether oxygens (including phenoxy) is 1. The van der Waals surface area contributed by atoms with Crippen LogP contribution in [0.25, 0.3) is 0 Å². The van der Waals surface area contributed by atoms with Crippen molar-refractivity contribution in [1.29, 1.82) is 0 Å². The van der Waals surface area contributed by atoms with E-state index in [1.54, 1.807) is 62.4 Å². The van der Waals surface area contributed by atoms with Crippen LogP contribution >= 0.6 is 15.9 Å². The summed E-state index contributed by atoms with van der Waals surface area (Å²) in [6.07, 6.45) is 6.08. The first-order chi connectivity index (χ1) is 14.0. The smallest absolute Gasteiger partial charge is 0.359 e. The number of aliphatic hydroxyl groups excluding tert-OH is 2. The Labute approximate surface area is 185 Å². The zero-order valence-corrected chi connectivity index (χ0v) is 18.7. The van der Waals surface area contributed by atoms with Gasteiger partial charge in [0.15, 0.2) is 0 Å². The summed E-state index contributed by atoms with van der Waals surface area (Å²) in [5.74, 6) is -1.22. The molecule has 1 aromatic carbocycles. The van der Waals surface area contributed by atoms with Crippen molar-refractivity contribution in [2.45, 2.75) is 55.4 Å². The van der Waals surface area contributed by atoms with Gasteiger partial charge in [-0.2, -0.15) is 0 Å². The van der Waals surface area contributed by atoms with Gasteiger partial charge >= 0.3 is 5.97 Å². The molecule has 0 radical (unpaired) electrons. The molecule has 0 heterocycles. The molecule has 7 heteroatoms. The van der Waals surface area contributed by atoms with E-state index in [2.05, 4.69) is 21.7 Å². The molecule has 1 saturated carbocycles. The Kier molecular flexibility index (Phi) is 8.47. The van der Waals surface area contributed by atoms with E-state index < -0.39 is 28.3 Å². The van der Waals surface area contributed by atoms with E-state index in [-0.39, 0.29) is 24.7 Å². The molecule has 1 fully saturated rings. The molecule has 4 N–H and O–H groups in total. The Hall–Kier alpha value is -1.89. The molecule has 1 aliphatic carbocycles. The van der Waals surface area contributed by atoms with Crippen LogP contribution in [-0.4, -0.2) is 48.7 Å². The summed E-state index contributed by atoms with van der Waals surface area (Å²) in [5.41, 5.74) is 1.95. The van der Waals surface area contributed by atoms with Crippen molar-refractivity contribution in [2.24, 2.45) is 11.8 Å². The van der Waals surface area contributed by atoms with Crippen LogP contribution in [0.3, 0.4) is 0 Å². The summed E-state index contributed by atoms with van der Waals surface area (Å²) in [6.45, 7) is 3.29. The van der Waals surface area contributed by atoms with Gasteiger partial charge in [-0.3, -0.25) is 0 Å².